The van der Waals surface area contributed by atoms with Gasteiger partial charge >= 0.3 is 0 Å². The van der Waals surface area contributed by atoms with Crippen LogP contribution in [0.25, 0.3) is 21.2 Å². The van der Waals surface area contributed by atoms with Gasteiger partial charge in [0.1, 0.15) is 30.5 Å². The molecule has 0 radical (unpaired) electrons. The normalized spacial score (nSPS) is 18.9. The van der Waals surface area contributed by atoms with E-state index in [9.17, 15) is 0 Å². The standard InChI is InChI=1S/C55H50O5S/c1-6-18-40(19-7-1)35-56-39-50-53(57-36-41-20-8-2-9-21-41)55(59-38-43-24-12-4-13-25-43)54(58-37-42-22-10-3-11-23-42)52(60-50)46-30-31-49(44-26-14-5-15-27-44)47(32-46)34-48-33-45-28-16-17-29-51(45)61-48/h1-33,50,52-55H,34-39H2/t50-,52+,53-,54+,55+/m1/s1. The van der Waals surface area contributed by atoms with Gasteiger partial charge in [-0.2, -0.15) is 0 Å². The van der Waals surface area contributed by atoms with Gasteiger partial charge in [-0.15, -0.1) is 11.3 Å². The predicted molar refractivity (Wildman–Crippen MR) is 245 cm³/mol. The van der Waals surface area contributed by atoms with E-state index in [4.69, 9.17) is 23.7 Å². The molecule has 0 bridgehead atoms. The van der Waals surface area contributed by atoms with Crippen LogP contribution < -0.4 is 0 Å². The first-order valence-corrected chi connectivity index (χ1v) is 21.9. The van der Waals surface area contributed by atoms with E-state index in [1.54, 1.807) is 0 Å². The molecule has 5 atom stereocenters. The number of ether oxygens (including phenoxy) is 5. The fourth-order valence-electron chi connectivity index (χ4n) is 8.21. The topological polar surface area (TPSA) is 46.2 Å². The summed E-state index contributed by atoms with van der Waals surface area (Å²) in [7, 11) is 0. The first-order chi connectivity index (χ1) is 30.2. The monoisotopic (exact) mass is 822 g/mol. The van der Waals surface area contributed by atoms with Crippen LogP contribution in [0.5, 0.6) is 0 Å². The summed E-state index contributed by atoms with van der Waals surface area (Å²) >= 11 is 1.85. The van der Waals surface area contributed by atoms with Gasteiger partial charge in [0.2, 0.25) is 0 Å². The van der Waals surface area contributed by atoms with E-state index in [1.165, 1.54) is 31.7 Å². The Morgan fingerprint density at radius 1 is 0.459 bits per heavy atom. The summed E-state index contributed by atoms with van der Waals surface area (Å²) in [6.45, 7) is 1.91. The Kier molecular flexibility index (Phi) is 13.5. The second-order valence-electron chi connectivity index (χ2n) is 15.6. The molecule has 1 aliphatic rings. The molecule has 2 heterocycles. The smallest absolute Gasteiger partial charge is 0.117 e. The van der Waals surface area contributed by atoms with Gasteiger partial charge in [0, 0.05) is 16.0 Å². The first-order valence-electron chi connectivity index (χ1n) is 21.1. The number of thiophene rings is 1. The third-order valence-corrected chi connectivity index (χ3v) is 12.4. The Labute approximate surface area is 363 Å². The van der Waals surface area contributed by atoms with Gasteiger partial charge in [-0.25, -0.2) is 0 Å². The minimum absolute atomic E-state index is 0.304. The largest absolute Gasteiger partial charge is 0.374 e. The number of hydrogen-bond acceptors (Lipinski definition) is 6. The highest BCUT2D eigenvalue weighted by Crippen LogP contribution is 2.41. The van der Waals surface area contributed by atoms with Gasteiger partial charge in [0.15, 0.2) is 0 Å². The lowest BCUT2D eigenvalue weighted by Gasteiger charge is -2.46. The van der Waals surface area contributed by atoms with Crippen LogP contribution in [0.15, 0.2) is 200 Å². The summed E-state index contributed by atoms with van der Waals surface area (Å²) in [4.78, 5) is 1.31. The van der Waals surface area contributed by atoms with Crippen molar-refractivity contribution in [2.45, 2.75) is 63.4 Å². The molecule has 0 saturated carbocycles. The van der Waals surface area contributed by atoms with Crippen LogP contribution in [0.2, 0.25) is 0 Å². The molecule has 0 unspecified atom stereocenters. The lowest BCUT2D eigenvalue weighted by atomic mass is 9.87. The molecule has 8 aromatic rings. The molecule has 0 amide bonds. The summed E-state index contributed by atoms with van der Waals surface area (Å²) in [5.41, 5.74) is 8.94. The van der Waals surface area contributed by atoms with Crippen molar-refractivity contribution in [1.29, 1.82) is 0 Å². The maximum atomic E-state index is 7.34. The lowest BCUT2D eigenvalue weighted by Crippen LogP contribution is -2.58. The van der Waals surface area contributed by atoms with Crippen LogP contribution in [-0.4, -0.2) is 31.0 Å². The third-order valence-electron chi connectivity index (χ3n) is 11.3. The molecule has 0 aliphatic carbocycles. The van der Waals surface area contributed by atoms with Crippen molar-refractivity contribution in [3.8, 4) is 11.1 Å². The fraction of sp³-hybridized carbons (Fsp3) is 0.200. The Bertz CT molecular complexity index is 2510. The molecule has 6 heteroatoms. The second kappa shape index (κ2) is 20.2. The van der Waals surface area contributed by atoms with Crippen molar-refractivity contribution in [3.63, 3.8) is 0 Å². The van der Waals surface area contributed by atoms with E-state index in [-0.39, 0.29) is 0 Å². The average molecular weight is 823 g/mol. The third kappa shape index (κ3) is 10.4. The second-order valence-corrected chi connectivity index (χ2v) is 16.8. The van der Waals surface area contributed by atoms with Gasteiger partial charge < -0.3 is 23.7 Å². The van der Waals surface area contributed by atoms with E-state index in [1.807, 2.05) is 84.1 Å². The molecule has 1 aliphatic heterocycles. The molecule has 5 nitrogen and oxygen atoms in total. The van der Waals surface area contributed by atoms with Crippen LogP contribution in [-0.2, 0) is 56.5 Å². The summed E-state index contributed by atoms with van der Waals surface area (Å²) < 4.78 is 36.3. The molecule has 9 rings (SSSR count). The van der Waals surface area contributed by atoms with Crippen molar-refractivity contribution < 1.29 is 23.7 Å². The molecular formula is C55H50O5S. The van der Waals surface area contributed by atoms with Crippen molar-refractivity contribution in [2.24, 2.45) is 0 Å². The van der Waals surface area contributed by atoms with Gasteiger partial charge in [-0.05, 0) is 62.0 Å². The first kappa shape index (κ1) is 40.7. The highest BCUT2D eigenvalue weighted by Gasteiger charge is 2.49. The zero-order chi connectivity index (χ0) is 41.1. The van der Waals surface area contributed by atoms with Crippen molar-refractivity contribution in [1.82, 2.24) is 0 Å². The molecule has 0 spiro atoms. The van der Waals surface area contributed by atoms with E-state index >= 15 is 0 Å². The molecular weight excluding hydrogens is 773 g/mol. The van der Waals surface area contributed by atoms with Crippen LogP contribution in [0.1, 0.15) is 44.4 Å². The van der Waals surface area contributed by atoms with Gasteiger partial charge in [0.25, 0.3) is 0 Å². The van der Waals surface area contributed by atoms with Gasteiger partial charge in [-0.3, -0.25) is 0 Å². The van der Waals surface area contributed by atoms with Crippen molar-refractivity contribution >= 4 is 21.4 Å². The minimum atomic E-state index is -0.533. The maximum Gasteiger partial charge on any atom is 0.117 e. The molecule has 1 fully saturated rings. The SMILES string of the molecule is c1ccc(COC[C@H]2O[C@@H](c3ccc(-c4ccccc4)c(Cc4cc5ccccc5s4)c3)[C@H](OCc3ccccc3)[C@@H](OCc3ccccc3)[C@@H]2OCc2ccccc2)cc1. The van der Waals surface area contributed by atoms with E-state index in [0.29, 0.717) is 33.0 Å². The summed E-state index contributed by atoms with van der Waals surface area (Å²) in [6.07, 6.45) is -1.77. The van der Waals surface area contributed by atoms with Crippen molar-refractivity contribution in [2.75, 3.05) is 6.61 Å². The molecule has 0 N–H and O–H groups in total. The zero-order valence-electron chi connectivity index (χ0n) is 34.1. The lowest BCUT2D eigenvalue weighted by molar-refractivity contribution is -0.275. The molecule has 61 heavy (non-hydrogen) atoms. The summed E-state index contributed by atoms with van der Waals surface area (Å²) in [5.74, 6) is 0. The Morgan fingerprint density at radius 3 is 1.56 bits per heavy atom. The highest BCUT2D eigenvalue weighted by atomic mass is 32.1. The molecule has 7 aromatic carbocycles. The molecule has 1 aromatic heterocycles. The minimum Gasteiger partial charge on any atom is -0.374 e. The Hall–Kier alpha value is -5.70. The highest BCUT2D eigenvalue weighted by molar-refractivity contribution is 7.19. The number of benzene rings is 7. The quantitative estimate of drug-likeness (QED) is 0.0915. The van der Waals surface area contributed by atoms with Crippen LogP contribution in [0.3, 0.4) is 0 Å². The fourth-order valence-corrected chi connectivity index (χ4v) is 9.29. The van der Waals surface area contributed by atoms with Crippen molar-refractivity contribution in [3.05, 3.63) is 238 Å². The maximum absolute atomic E-state index is 7.34. The number of fused-ring (bicyclic) bond motifs is 1. The number of rotatable bonds is 17. The average Bonchev–Trinajstić information content (AvgIpc) is 3.74. The molecule has 1 saturated heterocycles. The van der Waals surface area contributed by atoms with Crippen LogP contribution in [0, 0.1) is 0 Å². The summed E-state index contributed by atoms with van der Waals surface area (Å²) in [6, 6.07) is 69.6. The van der Waals surface area contributed by atoms with Gasteiger partial charge in [-0.1, -0.05) is 188 Å². The van der Waals surface area contributed by atoms with E-state index in [0.717, 1.165) is 34.2 Å². The number of hydrogen-bond donors (Lipinski definition) is 0. The zero-order valence-corrected chi connectivity index (χ0v) is 34.9. The van der Waals surface area contributed by atoms with E-state index in [2.05, 4.69) is 127 Å². The Balaban J connectivity index is 1.12. The predicted octanol–water partition coefficient (Wildman–Crippen LogP) is 12.6. The molecule has 306 valence electrons. The summed E-state index contributed by atoms with van der Waals surface area (Å²) in [5, 5.41) is 1.27. The van der Waals surface area contributed by atoms with Crippen LogP contribution in [0.4, 0.5) is 0 Å². The Morgan fingerprint density at radius 2 is 0.967 bits per heavy atom. The van der Waals surface area contributed by atoms with Crippen LogP contribution >= 0.6 is 11.3 Å². The van der Waals surface area contributed by atoms with Gasteiger partial charge in [0.05, 0.1) is 33.0 Å². The van der Waals surface area contributed by atoms with E-state index < -0.39 is 30.5 Å².